The van der Waals surface area contributed by atoms with Gasteiger partial charge in [0.2, 0.25) is 5.91 Å². The van der Waals surface area contributed by atoms with Gasteiger partial charge in [-0.3, -0.25) is 9.59 Å². The van der Waals surface area contributed by atoms with Crippen LogP contribution in [0.1, 0.15) is 37.7 Å². The van der Waals surface area contributed by atoms with Gasteiger partial charge in [-0.2, -0.15) is 0 Å². The zero-order valence-corrected chi connectivity index (χ0v) is 14.6. The second kappa shape index (κ2) is 6.81. The highest BCUT2D eigenvalue weighted by Gasteiger charge is 2.54. The minimum Gasteiger partial charge on any atom is -0.481 e. The summed E-state index contributed by atoms with van der Waals surface area (Å²) < 4.78 is 0. The number of likely N-dealkylation sites (tertiary alicyclic amines) is 1. The summed E-state index contributed by atoms with van der Waals surface area (Å²) in [7, 11) is 0. The second-order valence-corrected chi connectivity index (χ2v) is 8.18. The van der Waals surface area contributed by atoms with E-state index in [-0.39, 0.29) is 17.7 Å². The number of amides is 1. The number of rotatable bonds is 4. The molecule has 4 atom stereocenters. The first kappa shape index (κ1) is 16.6. The molecule has 1 heterocycles. The van der Waals surface area contributed by atoms with Crippen LogP contribution in [-0.4, -0.2) is 35.0 Å². The van der Waals surface area contributed by atoms with Gasteiger partial charge in [0.05, 0.1) is 11.8 Å². The molecular formula is C21H27NO3. The lowest BCUT2D eigenvalue weighted by Gasteiger charge is -2.37. The van der Waals surface area contributed by atoms with Gasteiger partial charge < -0.3 is 10.0 Å². The van der Waals surface area contributed by atoms with Crippen molar-refractivity contribution in [1.82, 2.24) is 4.90 Å². The van der Waals surface area contributed by atoms with Crippen LogP contribution in [0.2, 0.25) is 0 Å². The summed E-state index contributed by atoms with van der Waals surface area (Å²) in [5.74, 6) is -0.174. The van der Waals surface area contributed by atoms with Gasteiger partial charge in [-0.25, -0.2) is 0 Å². The first-order chi connectivity index (χ1) is 12.1. The standard InChI is InChI=1S/C21H27NO3/c23-20(18-16-6-7-17(13-16)19(18)21(24)25)22-10-8-15(9-11-22)12-14-4-2-1-3-5-14/h1-5,15-19H,6-13H2,(H,24,25). The molecule has 3 aliphatic rings. The minimum absolute atomic E-state index is 0.123. The normalized spacial score (nSPS) is 32.1. The molecule has 0 radical (unpaired) electrons. The molecule has 1 N–H and O–H groups in total. The Morgan fingerprint density at radius 1 is 0.960 bits per heavy atom. The maximum absolute atomic E-state index is 13.0. The van der Waals surface area contributed by atoms with E-state index in [1.807, 2.05) is 11.0 Å². The number of carbonyl (C=O) groups excluding carboxylic acids is 1. The molecule has 1 saturated heterocycles. The van der Waals surface area contributed by atoms with E-state index in [0.717, 1.165) is 51.6 Å². The maximum atomic E-state index is 13.0. The highest BCUT2D eigenvalue weighted by atomic mass is 16.4. The van der Waals surface area contributed by atoms with Crippen LogP contribution in [0.15, 0.2) is 30.3 Å². The maximum Gasteiger partial charge on any atom is 0.307 e. The van der Waals surface area contributed by atoms with E-state index in [9.17, 15) is 14.7 Å². The summed E-state index contributed by atoms with van der Waals surface area (Å²) in [5.41, 5.74) is 1.37. The molecule has 4 heteroatoms. The largest absolute Gasteiger partial charge is 0.481 e. The molecule has 3 fully saturated rings. The van der Waals surface area contributed by atoms with Crippen molar-refractivity contribution in [1.29, 1.82) is 0 Å². The van der Waals surface area contributed by atoms with E-state index < -0.39 is 11.9 Å². The summed E-state index contributed by atoms with van der Waals surface area (Å²) in [5, 5.41) is 9.59. The van der Waals surface area contributed by atoms with Gasteiger partial charge in [-0.05, 0) is 61.8 Å². The average molecular weight is 341 g/mol. The lowest BCUT2D eigenvalue weighted by atomic mass is 9.78. The summed E-state index contributed by atoms with van der Waals surface area (Å²) in [6, 6.07) is 10.5. The van der Waals surface area contributed by atoms with Crippen molar-refractivity contribution in [2.24, 2.45) is 29.6 Å². The van der Waals surface area contributed by atoms with Crippen molar-refractivity contribution in [2.75, 3.05) is 13.1 Å². The zero-order valence-electron chi connectivity index (χ0n) is 14.6. The molecule has 0 spiro atoms. The van der Waals surface area contributed by atoms with Crippen LogP contribution in [-0.2, 0) is 16.0 Å². The zero-order chi connectivity index (χ0) is 17.4. The van der Waals surface area contributed by atoms with Gasteiger partial charge in [0.1, 0.15) is 0 Å². The van der Waals surface area contributed by atoms with Gasteiger partial charge in [0.25, 0.3) is 0 Å². The summed E-state index contributed by atoms with van der Waals surface area (Å²) in [4.78, 5) is 26.7. The molecule has 2 saturated carbocycles. The Balaban J connectivity index is 1.36. The molecule has 2 aliphatic carbocycles. The monoisotopic (exact) mass is 341 g/mol. The Kier molecular flexibility index (Phi) is 4.53. The van der Waals surface area contributed by atoms with Crippen LogP contribution in [0.25, 0.3) is 0 Å². The van der Waals surface area contributed by atoms with Crippen molar-refractivity contribution in [3.63, 3.8) is 0 Å². The molecule has 4 unspecified atom stereocenters. The predicted octanol–water partition coefficient (Wildman–Crippen LogP) is 3.21. The Morgan fingerprint density at radius 2 is 1.60 bits per heavy atom. The Bertz CT molecular complexity index is 636. The summed E-state index contributed by atoms with van der Waals surface area (Å²) in [6.07, 6.45) is 6.10. The lowest BCUT2D eigenvalue weighted by molar-refractivity contribution is -0.153. The second-order valence-electron chi connectivity index (χ2n) is 8.18. The molecule has 4 rings (SSSR count). The van der Waals surface area contributed by atoms with Gasteiger partial charge in [-0.1, -0.05) is 30.3 Å². The van der Waals surface area contributed by atoms with Gasteiger partial charge in [0.15, 0.2) is 0 Å². The highest BCUT2D eigenvalue weighted by Crippen LogP contribution is 2.53. The Morgan fingerprint density at radius 3 is 2.24 bits per heavy atom. The van der Waals surface area contributed by atoms with Crippen molar-refractivity contribution in [3.05, 3.63) is 35.9 Å². The van der Waals surface area contributed by atoms with E-state index in [0.29, 0.717) is 11.8 Å². The number of carboxylic acids is 1. The fourth-order valence-corrected chi connectivity index (χ4v) is 5.52. The van der Waals surface area contributed by atoms with Gasteiger partial charge in [0, 0.05) is 13.1 Å². The molecule has 1 aliphatic heterocycles. The Labute approximate surface area is 149 Å². The van der Waals surface area contributed by atoms with Crippen LogP contribution in [0.4, 0.5) is 0 Å². The van der Waals surface area contributed by atoms with Crippen molar-refractivity contribution < 1.29 is 14.7 Å². The number of benzene rings is 1. The number of nitrogens with zero attached hydrogens (tertiary/aromatic N) is 1. The number of hydrogen-bond donors (Lipinski definition) is 1. The van der Waals surface area contributed by atoms with Crippen LogP contribution in [0.3, 0.4) is 0 Å². The topological polar surface area (TPSA) is 57.6 Å². The van der Waals surface area contributed by atoms with Gasteiger partial charge >= 0.3 is 5.97 Å². The third-order valence-corrected chi connectivity index (χ3v) is 6.78. The first-order valence-electron chi connectivity index (χ1n) is 9.69. The summed E-state index contributed by atoms with van der Waals surface area (Å²) in [6.45, 7) is 1.58. The smallest absolute Gasteiger partial charge is 0.307 e. The first-order valence-corrected chi connectivity index (χ1v) is 9.69. The predicted molar refractivity (Wildman–Crippen MR) is 94.9 cm³/mol. The third kappa shape index (κ3) is 3.19. The fourth-order valence-electron chi connectivity index (χ4n) is 5.52. The number of hydrogen-bond acceptors (Lipinski definition) is 2. The fraction of sp³-hybridized carbons (Fsp3) is 0.619. The Hall–Kier alpha value is -1.84. The average Bonchev–Trinajstić information content (AvgIpc) is 3.24. The summed E-state index contributed by atoms with van der Waals surface area (Å²) >= 11 is 0. The molecule has 25 heavy (non-hydrogen) atoms. The quantitative estimate of drug-likeness (QED) is 0.915. The highest BCUT2D eigenvalue weighted by molar-refractivity contribution is 5.86. The molecule has 4 nitrogen and oxygen atoms in total. The number of carboxylic acid groups (broad SMARTS) is 1. The van der Waals surface area contributed by atoms with E-state index in [4.69, 9.17) is 0 Å². The molecule has 134 valence electrons. The van der Waals surface area contributed by atoms with Crippen molar-refractivity contribution in [2.45, 2.75) is 38.5 Å². The van der Waals surface area contributed by atoms with Crippen molar-refractivity contribution in [3.8, 4) is 0 Å². The number of piperidine rings is 1. The van der Waals surface area contributed by atoms with E-state index in [2.05, 4.69) is 24.3 Å². The molecular weight excluding hydrogens is 314 g/mol. The minimum atomic E-state index is -0.760. The number of fused-ring (bicyclic) bond motifs is 2. The van der Waals surface area contributed by atoms with E-state index in [1.165, 1.54) is 5.56 Å². The van der Waals surface area contributed by atoms with Crippen molar-refractivity contribution >= 4 is 11.9 Å². The molecule has 2 bridgehead atoms. The number of aliphatic carboxylic acids is 1. The van der Waals surface area contributed by atoms with Crippen LogP contribution in [0, 0.1) is 29.6 Å². The van der Waals surface area contributed by atoms with Gasteiger partial charge in [-0.15, -0.1) is 0 Å². The lowest BCUT2D eigenvalue weighted by Crippen LogP contribution is -2.46. The molecule has 0 aromatic heterocycles. The third-order valence-electron chi connectivity index (χ3n) is 6.78. The van der Waals surface area contributed by atoms with E-state index in [1.54, 1.807) is 0 Å². The molecule has 1 aromatic rings. The number of carbonyl (C=O) groups is 2. The SMILES string of the molecule is O=C(O)C1C2CCC(C2)C1C(=O)N1CCC(Cc2ccccc2)CC1. The molecule has 1 aromatic carbocycles. The van der Waals surface area contributed by atoms with Crippen LogP contribution < -0.4 is 0 Å². The molecule has 1 amide bonds. The van der Waals surface area contributed by atoms with Crippen LogP contribution in [0.5, 0.6) is 0 Å². The van der Waals surface area contributed by atoms with E-state index >= 15 is 0 Å². The van der Waals surface area contributed by atoms with Crippen LogP contribution >= 0.6 is 0 Å².